The normalized spacial score (nSPS) is 16.7. The lowest BCUT2D eigenvalue weighted by Crippen LogP contribution is -2.51. The molecule has 2 rings (SSSR count). The summed E-state index contributed by atoms with van der Waals surface area (Å²) in [5, 5.41) is 18.0. The lowest BCUT2D eigenvalue weighted by molar-refractivity contribution is -0.135. The van der Waals surface area contributed by atoms with Crippen LogP contribution in [0.5, 0.6) is 5.75 Å². The Bertz CT molecular complexity index is 543. The summed E-state index contributed by atoms with van der Waals surface area (Å²) in [5.74, 6) is 0.607. The second-order valence-electron chi connectivity index (χ2n) is 5.80. The molecule has 1 amide bonds. The van der Waals surface area contributed by atoms with E-state index in [-0.39, 0.29) is 18.6 Å². The molecular weight excluding hydrogens is 294 g/mol. The van der Waals surface area contributed by atoms with Gasteiger partial charge in [0, 0.05) is 32.7 Å². The fourth-order valence-corrected chi connectivity index (χ4v) is 2.58. The van der Waals surface area contributed by atoms with Gasteiger partial charge in [-0.05, 0) is 24.6 Å². The molecule has 1 N–H and O–H groups in total. The predicted molar refractivity (Wildman–Crippen MR) is 86.0 cm³/mol. The SMILES string of the molecule is C[C@@H](O)CN1CCN(C(=O)COc2ccc(CC#N)cc2)CC1. The molecule has 1 aromatic rings. The predicted octanol–water partition coefficient (Wildman–Crippen LogP) is 0.656. The zero-order valence-electron chi connectivity index (χ0n) is 13.4. The van der Waals surface area contributed by atoms with Gasteiger partial charge in [0.25, 0.3) is 5.91 Å². The number of amides is 1. The van der Waals surface area contributed by atoms with E-state index >= 15 is 0 Å². The van der Waals surface area contributed by atoms with Crippen molar-refractivity contribution in [3.8, 4) is 11.8 Å². The summed E-state index contributed by atoms with van der Waals surface area (Å²) in [7, 11) is 0. The molecule has 23 heavy (non-hydrogen) atoms. The lowest BCUT2D eigenvalue weighted by atomic mass is 10.2. The van der Waals surface area contributed by atoms with E-state index in [0.29, 0.717) is 31.8 Å². The van der Waals surface area contributed by atoms with Crippen molar-refractivity contribution in [2.24, 2.45) is 0 Å². The quantitative estimate of drug-likeness (QED) is 0.834. The molecule has 0 spiro atoms. The van der Waals surface area contributed by atoms with Crippen LogP contribution in [-0.4, -0.2) is 66.2 Å². The van der Waals surface area contributed by atoms with E-state index in [0.717, 1.165) is 18.7 Å². The number of piperazine rings is 1. The molecule has 1 saturated heterocycles. The van der Waals surface area contributed by atoms with Crippen molar-refractivity contribution >= 4 is 5.91 Å². The number of rotatable bonds is 6. The van der Waals surface area contributed by atoms with E-state index in [4.69, 9.17) is 10.00 Å². The molecule has 0 bridgehead atoms. The first kappa shape index (κ1) is 17.3. The number of carbonyl (C=O) groups is 1. The second kappa shape index (κ2) is 8.51. The van der Waals surface area contributed by atoms with Crippen LogP contribution in [0.25, 0.3) is 0 Å². The second-order valence-corrected chi connectivity index (χ2v) is 5.80. The van der Waals surface area contributed by atoms with Crippen molar-refractivity contribution in [2.45, 2.75) is 19.4 Å². The van der Waals surface area contributed by atoms with Crippen molar-refractivity contribution in [3.05, 3.63) is 29.8 Å². The van der Waals surface area contributed by atoms with E-state index in [1.165, 1.54) is 0 Å². The number of benzene rings is 1. The van der Waals surface area contributed by atoms with E-state index < -0.39 is 0 Å². The fourth-order valence-electron chi connectivity index (χ4n) is 2.58. The van der Waals surface area contributed by atoms with Gasteiger partial charge >= 0.3 is 0 Å². The van der Waals surface area contributed by atoms with Crippen LogP contribution in [0.15, 0.2) is 24.3 Å². The first-order chi connectivity index (χ1) is 11.1. The molecule has 6 heteroatoms. The van der Waals surface area contributed by atoms with E-state index in [9.17, 15) is 9.90 Å². The van der Waals surface area contributed by atoms with E-state index in [2.05, 4.69) is 11.0 Å². The average molecular weight is 317 g/mol. The summed E-state index contributed by atoms with van der Waals surface area (Å²) >= 11 is 0. The summed E-state index contributed by atoms with van der Waals surface area (Å²) in [6, 6.07) is 9.31. The highest BCUT2D eigenvalue weighted by atomic mass is 16.5. The minimum absolute atomic E-state index is 0.0218. The van der Waals surface area contributed by atoms with Crippen LogP contribution in [0.1, 0.15) is 12.5 Å². The van der Waals surface area contributed by atoms with Gasteiger partial charge in [-0.15, -0.1) is 0 Å². The monoisotopic (exact) mass is 317 g/mol. The molecule has 0 aromatic heterocycles. The summed E-state index contributed by atoms with van der Waals surface area (Å²) in [6.45, 7) is 5.32. The zero-order chi connectivity index (χ0) is 16.7. The third-order valence-corrected chi connectivity index (χ3v) is 3.82. The molecule has 0 aliphatic carbocycles. The molecular formula is C17H23N3O3. The number of β-amino-alcohol motifs (C(OH)–C–C–N with tert-alkyl or cyclic N) is 1. The van der Waals surface area contributed by atoms with Crippen molar-refractivity contribution in [1.82, 2.24) is 9.80 Å². The van der Waals surface area contributed by atoms with Crippen molar-refractivity contribution in [2.75, 3.05) is 39.3 Å². The van der Waals surface area contributed by atoms with Gasteiger partial charge in [-0.1, -0.05) is 12.1 Å². The number of hydrogen-bond acceptors (Lipinski definition) is 5. The van der Waals surface area contributed by atoms with Crippen LogP contribution < -0.4 is 4.74 Å². The number of aliphatic hydroxyl groups excluding tert-OH is 1. The first-order valence-electron chi connectivity index (χ1n) is 7.85. The van der Waals surface area contributed by atoms with Gasteiger partial charge in [0.05, 0.1) is 18.6 Å². The molecule has 1 heterocycles. The Kier molecular flexibility index (Phi) is 6.39. The molecule has 1 aliphatic rings. The molecule has 1 atom stereocenters. The fraction of sp³-hybridized carbons (Fsp3) is 0.529. The van der Waals surface area contributed by atoms with Gasteiger partial charge in [-0.3, -0.25) is 9.69 Å². The maximum absolute atomic E-state index is 12.2. The third-order valence-electron chi connectivity index (χ3n) is 3.82. The number of hydrogen-bond donors (Lipinski definition) is 1. The molecule has 6 nitrogen and oxygen atoms in total. The molecule has 0 unspecified atom stereocenters. The summed E-state index contributed by atoms with van der Waals surface area (Å²) in [5.41, 5.74) is 0.931. The standard InChI is InChI=1S/C17H23N3O3/c1-14(21)12-19-8-10-20(11-9-19)17(22)13-23-16-4-2-15(3-5-16)6-7-18/h2-5,14,21H,6,8-13H2,1H3/t14-/m1/s1. The van der Waals surface area contributed by atoms with Crippen molar-refractivity contribution < 1.29 is 14.6 Å². The molecule has 0 saturated carbocycles. The molecule has 124 valence electrons. The highest BCUT2D eigenvalue weighted by molar-refractivity contribution is 5.77. The van der Waals surface area contributed by atoms with E-state index in [1.807, 2.05) is 12.1 Å². The Labute approximate surface area is 136 Å². The molecule has 1 aliphatic heterocycles. The van der Waals surface area contributed by atoms with Gasteiger partial charge in [0.1, 0.15) is 5.75 Å². The number of ether oxygens (including phenoxy) is 1. The van der Waals surface area contributed by atoms with Gasteiger partial charge < -0.3 is 14.7 Å². The molecule has 1 fully saturated rings. The number of nitriles is 1. The van der Waals surface area contributed by atoms with Gasteiger partial charge in [-0.2, -0.15) is 5.26 Å². The molecule has 1 aromatic carbocycles. The number of aliphatic hydroxyl groups is 1. The smallest absolute Gasteiger partial charge is 0.260 e. The van der Waals surface area contributed by atoms with Crippen molar-refractivity contribution in [3.63, 3.8) is 0 Å². The topological polar surface area (TPSA) is 76.8 Å². The zero-order valence-corrected chi connectivity index (χ0v) is 13.4. The third kappa shape index (κ3) is 5.55. The minimum atomic E-state index is -0.343. The first-order valence-corrected chi connectivity index (χ1v) is 7.85. The Balaban J connectivity index is 1.74. The van der Waals surface area contributed by atoms with Gasteiger partial charge in [0.2, 0.25) is 0 Å². The van der Waals surface area contributed by atoms with Crippen LogP contribution in [0, 0.1) is 11.3 Å². The van der Waals surface area contributed by atoms with Gasteiger partial charge in [-0.25, -0.2) is 0 Å². The summed E-state index contributed by atoms with van der Waals surface area (Å²) in [6.07, 6.45) is 0.0280. The van der Waals surface area contributed by atoms with Gasteiger partial charge in [0.15, 0.2) is 6.61 Å². The Morgan fingerprint density at radius 3 is 2.52 bits per heavy atom. The highest BCUT2D eigenvalue weighted by Gasteiger charge is 2.21. The Morgan fingerprint density at radius 1 is 1.30 bits per heavy atom. The Morgan fingerprint density at radius 2 is 1.96 bits per heavy atom. The minimum Gasteiger partial charge on any atom is -0.484 e. The Hall–Kier alpha value is -2.10. The van der Waals surface area contributed by atoms with E-state index in [1.54, 1.807) is 24.0 Å². The number of carbonyl (C=O) groups excluding carboxylic acids is 1. The van der Waals surface area contributed by atoms with Crippen LogP contribution >= 0.6 is 0 Å². The summed E-state index contributed by atoms with van der Waals surface area (Å²) < 4.78 is 5.52. The summed E-state index contributed by atoms with van der Waals surface area (Å²) in [4.78, 5) is 16.1. The van der Waals surface area contributed by atoms with Crippen LogP contribution in [-0.2, 0) is 11.2 Å². The lowest BCUT2D eigenvalue weighted by Gasteiger charge is -2.35. The highest BCUT2D eigenvalue weighted by Crippen LogP contribution is 2.13. The maximum atomic E-state index is 12.2. The number of nitrogens with zero attached hydrogens (tertiary/aromatic N) is 3. The average Bonchev–Trinajstić information content (AvgIpc) is 2.54. The van der Waals surface area contributed by atoms with Crippen LogP contribution in [0.4, 0.5) is 0 Å². The largest absolute Gasteiger partial charge is 0.484 e. The maximum Gasteiger partial charge on any atom is 0.260 e. The van der Waals surface area contributed by atoms with Crippen LogP contribution in [0.2, 0.25) is 0 Å². The van der Waals surface area contributed by atoms with Crippen molar-refractivity contribution in [1.29, 1.82) is 5.26 Å². The van der Waals surface area contributed by atoms with Crippen LogP contribution in [0.3, 0.4) is 0 Å². The molecule has 0 radical (unpaired) electrons.